The van der Waals surface area contributed by atoms with Crippen LogP contribution in [0.3, 0.4) is 0 Å². The average molecular weight is 357 g/mol. The van der Waals surface area contributed by atoms with Crippen LogP contribution in [0, 0.1) is 0 Å². The molecule has 0 amide bonds. The Morgan fingerprint density at radius 1 is 1.52 bits per heavy atom. The summed E-state index contributed by atoms with van der Waals surface area (Å²) < 4.78 is 2.16. The second-order valence-corrected chi connectivity index (χ2v) is 6.55. The Morgan fingerprint density at radius 3 is 3.00 bits per heavy atom. The second-order valence-electron chi connectivity index (χ2n) is 5.75. The fourth-order valence-corrected chi connectivity index (χ4v) is 3.31. The van der Waals surface area contributed by atoms with Crippen LogP contribution < -0.4 is 15.8 Å². The van der Waals surface area contributed by atoms with E-state index < -0.39 is 0 Å². The molecule has 1 saturated heterocycles. The highest BCUT2D eigenvalue weighted by atomic mass is 79.9. The number of hydrogen-bond donors (Lipinski definition) is 1. The minimum absolute atomic E-state index is 0.0376. The van der Waals surface area contributed by atoms with Crippen molar-refractivity contribution in [2.24, 2.45) is 0 Å². The number of nitrogens with one attached hydrogen (secondary N) is 1. The minimum atomic E-state index is -0.0376. The molecule has 0 radical (unpaired) electrons. The summed E-state index contributed by atoms with van der Waals surface area (Å²) in [6.45, 7) is 4.79. The third kappa shape index (κ3) is 4.30. The van der Waals surface area contributed by atoms with Crippen LogP contribution in [0.15, 0.2) is 15.5 Å². The number of hydrogen-bond acceptors (Lipinski definition) is 4. The Bertz CT molecular complexity index is 511. The molecular formula is C15H25BrN4O. The lowest BCUT2D eigenvalue weighted by molar-refractivity contribution is 0.403. The van der Waals surface area contributed by atoms with Crippen molar-refractivity contribution in [3.8, 4) is 0 Å². The van der Waals surface area contributed by atoms with Gasteiger partial charge in [-0.15, -0.1) is 0 Å². The average Bonchev–Trinajstić information content (AvgIpc) is 2.49. The molecule has 0 aliphatic carbocycles. The summed E-state index contributed by atoms with van der Waals surface area (Å²) in [6, 6.07) is 0.498. The first kappa shape index (κ1) is 16.5. The number of halogens is 1. The summed E-state index contributed by atoms with van der Waals surface area (Å²) in [5, 5.41) is 7.84. The fraction of sp³-hybridized carbons (Fsp3) is 0.733. The number of anilines is 1. The second kappa shape index (κ2) is 7.94. The van der Waals surface area contributed by atoms with Crippen molar-refractivity contribution in [2.45, 2.75) is 51.6 Å². The lowest BCUT2D eigenvalue weighted by Crippen LogP contribution is -2.43. The third-order valence-electron chi connectivity index (χ3n) is 4.01. The van der Waals surface area contributed by atoms with E-state index in [1.807, 2.05) is 7.05 Å². The van der Waals surface area contributed by atoms with Crippen molar-refractivity contribution in [3.05, 3.63) is 21.0 Å². The molecule has 1 aliphatic heterocycles. The predicted octanol–water partition coefficient (Wildman–Crippen LogP) is 2.38. The first-order valence-corrected chi connectivity index (χ1v) is 8.63. The highest BCUT2D eigenvalue weighted by Crippen LogP contribution is 2.21. The normalized spacial score (nSPS) is 18.7. The van der Waals surface area contributed by atoms with Gasteiger partial charge in [0.2, 0.25) is 0 Å². The largest absolute Gasteiger partial charge is 0.371 e. The Labute approximate surface area is 134 Å². The zero-order chi connectivity index (χ0) is 15.2. The van der Waals surface area contributed by atoms with E-state index in [0.717, 1.165) is 31.6 Å². The Balaban J connectivity index is 2.08. The van der Waals surface area contributed by atoms with Gasteiger partial charge in [0.25, 0.3) is 5.56 Å². The third-order valence-corrected chi connectivity index (χ3v) is 4.75. The fourth-order valence-electron chi connectivity index (χ4n) is 2.70. The molecule has 1 atom stereocenters. The lowest BCUT2D eigenvalue weighted by atomic mass is 10.0. The van der Waals surface area contributed by atoms with E-state index in [2.05, 4.69) is 38.2 Å². The number of piperidine rings is 1. The molecule has 0 aromatic carbocycles. The topological polar surface area (TPSA) is 50.2 Å². The van der Waals surface area contributed by atoms with Gasteiger partial charge in [-0.25, -0.2) is 4.68 Å². The highest BCUT2D eigenvalue weighted by molar-refractivity contribution is 9.10. The first-order chi connectivity index (χ1) is 10.1. The highest BCUT2D eigenvalue weighted by Gasteiger charge is 2.18. The maximum absolute atomic E-state index is 12.3. The maximum Gasteiger partial charge on any atom is 0.283 e. The molecule has 1 aromatic rings. The van der Waals surface area contributed by atoms with Crippen molar-refractivity contribution < 1.29 is 0 Å². The van der Waals surface area contributed by atoms with E-state index >= 15 is 0 Å². The van der Waals surface area contributed by atoms with Crippen LogP contribution >= 0.6 is 15.9 Å². The zero-order valence-corrected chi connectivity index (χ0v) is 14.5. The number of likely N-dealkylation sites (N-methyl/N-ethyl adjacent to an activating group) is 1. The maximum atomic E-state index is 12.3. The molecule has 2 heterocycles. The van der Waals surface area contributed by atoms with Gasteiger partial charge in [-0.1, -0.05) is 19.8 Å². The van der Waals surface area contributed by atoms with E-state index in [1.54, 1.807) is 10.9 Å². The van der Waals surface area contributed by atoms with Gasteiger partial charge in [-0.05, 0) is 41.7 Å². The monoisotopic (exact) mass is 356 g/mol. The van der Waals surface area contributed by atoms with Crippen molar-refractivity contribution in [1.29, 1.82) is 0 Å². The van der Waals surface area contributed by atoms with E-state index in [4.69, 9.17) is 0 Å². The smallest absolute Gasteiger partial charge is 0.283 e. The molecule has 6 heteroatoms. The summed E-state index contributed by atoms with van der Waals surface area (Å²) in [5.74, 6) is 0. The number of nitrogens with zero attached hydrogens (tertiary/aromatic N) is 3. The molecule has 118 valence electrons. The molecule has 0 bridgehead atoms. The van der Waals surface area contributed by atoms with Crippen molar-refractivity contribution >= 4 is 21.6 Å². The summed E-state index contributed by atoms with van der Waals surface area (Å²) in [4.78, 5) is 14.4. The van der Waals surface area contributed by atoms with Crippen molar-refractivity contribution in [3.63, 3.8) is 0 Å². The number of aromatic nitrogens is 2. The van der Waals surface area contributed by atoms with Gasteiger partial charge in [0, 0.05) is 26.2 Å². The molecule has 0 spiro atoms. The summed E-state index contributed by atoms with van der Waals surface area (Å²) in [6.07, 6.45) is 7.57. The van der Waals surface area contributed by atoms with Gasteiger partial charge in [-0.2, -0.15) is 5.10 Å². The van der Waals surface area contributed by atoms with Gasteiger partial charge >= 0.3 is 0 Å². The van der Waals surface area contributed by atoms with Gasteiger partial charge in [0.1, 0.15) is 4.47 Å². The Hall–Kier alpha value is -0.880. The minimum Gasteiger partial charge on any atom is -0.371 e. The molecule has 1 aliphatic rings. The Morgan fingerprint density at radius 2 is 2.33 bits per heavy atom. The molecule has 5 nitrogen and oxygen atoms in total. The van der Waals surface area contributed by atoms with Crippen LogP contribution in [0.5, 0.6) is 0 Å². The van der Waals surface area contributed by atoms with Gasteiger partial charge < -0.3 is 10.2 Å². The van der Waals surface area contributed by atoms with Crippen LogP contribution in [-0.4, -0.2) is 36.0 Å². The summed E-state index contributed by atoms with van der Waals surface area (Å²) in [7, 11) is 2.02. The standard InChI is InChI=1S/C15H25BrN4O/c1-3-4-9-20-15(21)14(16)13(10-18-20)19(2)11-12-7-5-6-8-17-12/h10,12,17H,3-9,11H2,1-2H3. The SMILES string of the molecule is CCCCn1ncc(N(C)CC2CCCCN2)c(Br)c1=O. The van der Waals surface area contributed by atoms with E-state index in [1.165, 1.54) is 19.3 Å². The molecule has 0 saturated carbocycles. The Kier molecular flexibility index (Phi) is 6.23. The molecule has 2 rings (SSSR count). The van der Waals surface area contributed by atoms with Crippen molar-refractivity contribution in [2.75, 3.05) is 25.0 Å². The molecule has 21 heavy (non-hydrogen) atoms. The number of aryl methyl sites for hydroxylation is 1. The molecule has 1 N–H and O–H groups in total. The van der Waals surface area contributed by atoms with Crippen LogP contribution in [0.4, 0.5) is 5.69 Å². The van der Waals surface area contributed by atoms with Crippen LogP contribution in [-0.2, 0) is 6.54 Å². The molecular weight excluding hydrogens is 332 g/mol. The van der Waals surface area contributed by atoms with Crippen LogP contribution in [0.1, 0.15) is 39.0 Å². The van der Waals surface area contributed by atoms with Gasteiger partial charge in [-0.3, -0.25) is 4.79 Å². The summed E-state index contributed by atoms with van der Waals surface area (Å²) >= 11 is 3.45. The first-order valence-electron chi connectivity index (χ1n) is 7.83. The van der Waals surface area contributed by atoms with E-state index in [0.29, 0.717) is 17.1 Å². The van der Waals surface area contributed by atoms with E-state index in [9.17, 15) is 4.79 Å². The number of unbranched alkanes of at least 4 members (excludes halogenated alkanes) is 1. The molecule has 1 aromatic heterocycles. The zero-order valence-electron chi connectivity index (χ0n) is 12.9. The lowest BCUT2D eigenvalue weighted by Gasteiger charge is -2.29. The van der Waals surface area contributed by atoms with Crippen LogP contribution in [0.2, 0.25) is 0 Å². The molecule has 1 fully saturated rings. The van der Waals surface area contributed by atoms with Crippen molar-refractivity contribution in [1.82, 2.24) is 15.1 Å². The van der Waals surface area contributed by atoms with Gasteiger partial charge in [0.05, 0.1) is 11.9 Å². The van der Waals surface area contributed by atoms with Crippen LogP contribution in [0.25, 0.3) is 0 Å². The quantitative estimate of drug-likeness (QED) is 0.849. The summed E-state index contributed by atoms with van der Waals surface area (Å²) in [5.41, 5.74) is 0.838. The predicted molar refractivity (Wildman–Crippen MR) is 90.0 cm³/mol. The number of rotatable bonds is 6. The molecule has 1 unspecified atom stereocenters. The van der Waals surface area contributed by atoms with E-state index in [-0.39, 0.29) is 5.56 Å². The van der Waals surface area contributed by atoms with Gasteiger partial charge in [0.15, 0.2) is 0 Å².